The zero-order valence-corrected chi connectivity index (χ0v) is 33.5. The number of para-hydroxylation sites is 2. The maximum absolute atomic E-state index is 5.82. The van der Waals surface area contributed by atoms with Crippen molar-refractivity contribution >= 4 is 75.3 Å². The average Bonchev–Trinajstić information content (AvgIpc) is 3.89. The van der Waals surface area contributed by atoms with E-state index in [0.717, 1.165) is 86.0 Å². The van der Waals surface area contributed by atoms with Crippen LogP contribution in [0.15, 0.2) is 169 Å². The number of allylic oxidation sites excluding steroid dienone is 3. The van der Waals surface area contributed by atoms with Gasteiger partial charge >= 0.3 is 0 Å². The topological polar surface area (TPSA) is 107 Å². The summed E-state index contributed by atoms with van der Waals surface area (Å²) in [6, 6.07) is 45.1. The van der Waals surface area contributed by atoms with Crippen molar-refractivity contribution in [2.75, 3.05) is 0 Å². The van der Waals surface area contributed by atoms with Crippen molar-refractivity contribution in [1.29, 1.82) is 0 Å². The maximum Gasteiger partial charge on any atom is 0.135 e. The molecule has 9 rings (SSSR count). The van der Waals surface area contributed by atoms with E-state index in [1.54, 1.807) is 0 Å². The molecular formula is C52H56N4OS. The summed E-state index contributed by atoms with van der Waals surface area (Å²) in [5.41, 5.74) is 27.5. The van der Waals surface area contributed by atoms with E-state index in [4.69, 9.17) is 21.6 Å². The van der Waals surface area contributed by atoms with Crippen molar-refractivity contribution in [3.8, 4) is 0 Å². The summed E-state index contributed by atoms with van der Waals surface area (Å²) in [5.74, 6) is 0. The zero-order chi connectivity index (χ0) is 39.7. The number of hydrogen-bond donors (Lipinski definition) is 4. The van der Waals surface area contributed by atoms with Crippen LogP contribution in [0.4, 0.5) is 0 Å². The fourth-order valence-electron chi connectivity index (χ4n) is 7.47. The highest BCUT2D eigenvalue weighted by Crippen LogP contribution is 2.34. The lowest BCUT2D eigenvalue weighted by molar-refractivity contribution is 0.668. The number of nitrogens with two attached hydrogens (primary N) is 3. The number of fused-ring (bicyclic) bond motifs is 9. The number of hydrogen-bond acceptors (Lipinski definition) is 5. The van der Waals surface area contributed by atoms with Crippen molar-refractivity contribution in [1.82, 2.24) is 4.98 Å². The van der Waals surface area contributed by atoms with Gasteiger partial charge in [0.05, 0.1) is 0 Å². The summed E-state index contributed by atoms with van der Waals surface area (Å²) in [6.45, 7) is 11.2. The van der Waals surface area contributed by atoms with Gasteiger partial charge in [0.2, 0.25) is 0 Å². The Balaban J connectivity index is 0.000000145. The summed E-state index contributed by atoms with van der Waals surface area (Å²) in [4.78, 5) is 3.45. The summed E-state index contributed by atoms with van der Waals surface area (Å²) in [6.07, 6.45) is 8.98. The van der Waals surface area contributed by atoms with Crippen LogP contribution in [0, 0.1) is 0 Å². The van der Waals surface area contributed by atoms with Gasteiger partial charge in [0.15, 0.2) is 0 Å². The van der Waals surface area contributed by atoms with E-state index in [0.29, 0.717) is 0 Å². The predicted octanol–water partition coefficient (Wildman–Crippen LogP) is 14.0. The molecular weight excluding hydrogens is 729 g/mol. The molecule has 0 saturated carbocycles. The Hall–Kier alpha value is -6.24. The molecule has 7 N–H and O–H groups in total. The Morgan fingerprint density at radius 1 is 0.466 bits per heavy atom. The van der Waals surface area contributed by atoms with Crippen molar-refractivity contribution in [2.24, 2.45) is 17.2 Å². The third kappa shape index (κ3) is 10.2. The first-order chi connectivity index (χ1) is 27.7. The maximum atomic E-state index is 5.82. The molecule has 0 radical (unpaired) electrons. The molecule has 5 nitrogen and oxygen atoms in total. The van der Waals surface area contributed by atoms with Crippen LogP contribution in [0.1, 0.15) is 62.6 Å². The molecule has 0 aliphatic carbocycles. The molecule has 296 valence electrons. The molecule has 0 atom stereocenters. The van der Waals surface area contributed by atoms with E-state index in [2.05, 4.69) is 134 Å². The standard InChI is InChI=1S/C17H18N2.C17H17NO.C17H17NS.CH4/c3*1-12(18)5-4-6-13-9-10-17-15(11-13)14-7-2-3-8-16(14)19-17;/h2-3,7-11,19H,1,4-6,18H2;2*2-3,7-11H,1,4-6,18H2;1H4. The van der Waals surface area contributed by atoms with Crippen LogP contribution in [-0.4, -0.2) is 4.98 Å². The molecule has 0 spiro atoms. The van der Waals surface area contributed by atoms with Gasteiger partial charge in [-0.05, 0) is 129 Å². The Morgan fingerprint density at radius 2 is 0.931 bits per heavy atom. The number of rotatable bonds is 12. The second-order valence-corrected chi connectivity index (χ2v) is 16.0. The van der Waals surface area contributed by atoms with Crippen LogP contribution >= 0.6 is 11.3 Å². The minimum atomic E-state index is 0. The first kappa shape index (κ1) is 41.4. The minimum Gasteiger partial charge on any atom is -0.456 e. The smallest absolute Gasteiger partial charge is 0.135 e. The van der Waals surface area contributed by atoms with Crippen molar-refractivity contribution in [3.05, 3.63) is 181 Å². The van der Waals surface area contributed by atoms with E-state index in [1.807, 2.05) is 29.5 Å². The third-order valence-corrected chi connectivity index (χ3v) is 11.5. The molecule has 6 aromatic carbocycles. The highest BCUT2D eigenvalue weighted by Gasteiger charge is 2.08. The van der Waals surface area contributed by atoms with Gasteiger partial charge in [-0.15, -0.1) is 11.3 Å². The fraction of sp³-hybridized carbons (Fsp3) is 0.192. The molecule has 3 aromatic heterocycles. The molecule has 0 aliphatic rings. The van der Waals surface area contributed by atoms with Crippen molar-refractivity contribution in [3.63, 3.8) is 0 Å². The lowest BCUT2D eigenvalue weighted by atomic mass is 10.0. The van der Waals surface area contributed by atoms with E-state index < -0.39 is 0 Å². The number of benzene rings is 6. The molecule has 3 heterocycles. The van der Waals surface area contributed by atoms with Crippen molar-refractivity contribution < 1.29 is 4.42 Å². The van der Waals surface area contributed by atoms with Crippen LogP contribution in [-0.2, 0) is 19.3 Å². The third-order valence-electron chi connectivity index (χ3n) is 10.3. The number of furan rings is 1. The highest BCUT2D eigenvalue weighted by molar-refractivity contribution is 7.25. The summed E-state index contributed by atoms with van der Waals surface area (Å²) in [5, 5.41) is 7.72. The Kier molecular flexibility index (Phi) is 13.8. The fourth-order valence-corrected chi connectivity index (χ4v) is 8.55. The second-order valence-electron chi connectivity index (χ2n) is 14.9. The van der Waals surface area contributed by atoms with Crippen LogP contribution < -0.4 is 17.2 Å². The lowest BCUT2D eigenvalue weighted by Crippen LogP contribution is -1.95. The van der Waals surface area contributed by atoms with Gasteiger partial charge in [0.25, 0.3) is 0 Å². The predicted molar refractivity (Wildman–Crippen MR) is 254 cm³/mol. The molecule has 0 fully saturated rings. The van der Waals surface area contributed by atoms with Crippen LogP contribution in [0.5, 0.6) is 0 Å². The van der Waals surface area contributed by atoms with E-state index in [9.17, 15) is 0 Å². The molecule has 0 saturated heterocycles. The first-order valence-electron chi connectivity index (χ1n) is 19.8. The van der Waals surface area contributed by atoms with Gasteiger partial charge in [0, 0.05) is 69.8 Å². The second kappa shape index (κ2) is 19.3. The van der Waals surface area contributed by atoms with Crippen LogP contribution in [0.25, 0.3) is 63.9 Å². The number of thiophene rings is 1. The molecule has 0 unspecified atom stereocenters. The van der Waals surface area contributed by atoms with Gasteiger partial charge in [-0.2, -0.15) is 0 Å². The summed E-state index contributed by atoms with van der Waals surface area (Å²) < 4.78 is 8.55. The summed E-state index contributed by atoms with van der Waals surface area (Å²) in [7, 11) is 0. The van der Waals surface area contributed by atoms with Gasteiger partial charge in [-0.3, -0.25) is 0 Å². The number of aryl methyl sites for hydroxylation is 3. The molecule has 0 aliphatic heterocycles. The number of aromatic nitrogens is 1. The molecule has 9 aromatic rings. The number of nitrogens with one attached hydrogen (secondary N) is 1. The van der Waals surface area contributed by atoms with E-state index in [-0.39, 0.29) is 7.43 Å². The Morgan fingerprint density at radius 3 is 1.59 bits per heavy atom. The normalized spacial score (nSPS) is 11.0. The lowest BCUT2D eigenvalue weighted by Gasteiger charge is -2.02. The largest absolute Gasteiger partial charge is 0.456 e. The van der Waals surface area contributed by atoms with E-state index >= 15 is 0 Å². The minimum absolute atomic E-state index is 0. The van der Waals surface area contributed by atoms with Gasteiger partial charge < -0.3 is 26.6 Å². The van der Waals surface area contributed by atoms with Crippen molar-refractivity contribution in [2.45, 2.75) is 65.2 Å². The highest BCUT2D eigenvalue weighted by atomic mass is 32.1. The summed E-state index contributed by atoms with van der Waals surface area (Å²) >= 11 is 1.86. The molecule has 6 heteroatoms. The number of aromatic amines is 1. The Bertz CT molecular complexity index is 2530. The quantitative estimate of drug-likeness (QED) is 0.0989. The van der Waals surface area contributed by atoms with Gasteiger partial charge in [0.1, 0.15) is 11.2 Å². The molecule has 0 bridgehead atoms. The molecule has 58 heavy (non-hydrogen) atoms. The van der Waals surface area contributed by atoms with Crippen LogP contribution in [0.2, 0.25) is 0 Å². The zero-order valence-electron chi connectivity index (χ0n) is 32.7. The molecule has 0 amide bonds. The van der Waals surface area contributed by atoms with E-state index in [1.165, 1.54) is 69.4 Å². The van der Waals surface area contributed by atoms with Gasteiger partial charge in [-0.25, -0.2) is 0 Å². The average molecular weight is 785 g/mol. The monoisotopic (exact) mass is 784 g/mol. The van der Waals surface area contributed by atoms with Gasteiger partial charge in [-0.1, -0.05) is 100.0 Å². The Labute approximate surface area is 346 Å². The first-order valence-corrected chi connectivity index (χ1v) is 20.6. The SMILES string of the molecule is C.C=C(N)CCCc1ccc2[nH]c3ccccc3c2c1.C=C(N)CCCc1ccc2oc3ccccc3c2c1.C=C(N)CCCc1ccc2sc3ccccc3c2c1. The van der Waals surface area contributed by atoms with Crippen LogP contribution in [0.3, 0.4) is 0 Å². The number of H-pyrrole nitrogens is 1.